The maximum absolute atomic E-state index is 13.0. The van der Waals surface area contributed by atoms with Crippen LogP contribution in [0.15, 0.2) is 54.6 Å². The highest BCUT2D eigenvalue weighted by atomic mass is 32.2. The molecule has 5 rings (SSSR count). The van der Waals surface area contributed by atoms with Gasteiger partial charge in [-0.2, -0.15) is 0 Å². The van der Waals surface area contributed by atoms with Crippen molar-refractivity contribution in [3.05, 3.63) is 65.7 Å². The molecule has 2 aromatic carbocycles. The summed E-state index contributed by atoms with van der Waals surface area (Å²) < 4.78 is 5.23. The molecule has 0 spiro atoms. The van der Waals surface area contributed by atoms with Crippen LogP contribution >= 0.6 is 11.8 Å². The number of carbonyl (C=O) groups excluding carboxylic acids is 2. The Labute approximate surface area is 181 Å². The summed E-state index contributed by atoms with van der Waals surface area (Å²) in [7, 11) is 1.66. The van der Waals surface area contributed by atoms with E-state index >= 15 is 0 Å². The van der Waals surface area contributed by atoms with Gasteiger partial charge in [0.1, 0.15) is 5.75 Å². The molecule has 0 aromatic heterocycles. The highest BCUT2D eigenvalue weighted by Gasteiger charge is 2.46. The summed E-state index contributed by atoms with van der Waals surface area (Å²) in [6, 6.07) is 17.0. The third-order valence-corrected chi connectivity index (χ3v) is 7.40. The van der Waals surface area contributed by atoms with Gasteiger partial charge in [0.05, 0.1) is 18.4 Å². The lowest BCUT2D eigenvalue weighted by Crippen LogP contribution is -2.59. The summed E-state index contributed by atoms with van der Waals surface area (Å²) in [5.74, 6) is 1.51. The lowest BCUT2D eigenvalue weighted by atomic mass is 9.78. The molecule has 158 valence electrons. The number of ether oxygens (including phenoxy) is 1. The minimum atomic E-state index is -0.298. The fourth-order valence-corrected chi connectivity index (χ4v) is 5.84. The van der Waals surface area contributed by atoms with Gasteiger partial charge in [-0.1, -0.05) is 30.3 Å². The summed E-state index contributed by atoms with van der Waals surface area (Å²) in [4.78, 5) is 27.7. The third-order valence-electron chi connectivity index (χ3n) is 5.97. The molecule has 2 N–H and O–H groups in total. The zero-order valence-electron chi connectivity index (χ0n) is 17.0. The van der Waals surface area contributed by atoms with Gasteiger partial charge >= 0.3 is 0 Å². The third kappa shape index (κ3) is 4.63. The van der Waals surface area contributed by atoms with E-state index in [1.807, 2.05) is 18.2 Å². The van der Waals surface area contributed by atoms with Gasteiger partial charge in [-0.15, -0.1) is 11.8 Å². The number of piperidine rings is 3. The Morgan fingerprint density at radius 3 is 2.40 bits per heavy atom. The van der Waals surface area contributed by atoms with Gasteiger partial charge in [0, 0.05) is 11.3 Å². The largest absolute Gasteiger partial charge is 0.497 e. The molecule has 6 nitrogen and oxygen atoms in total. The average molecular weight is 426 g/mol. The summed E-state index contributed by atoms with van der Waals surface area (Å²) in [6.45, 7) is 2.07. The predicted molar refractivity (Wildman–Crippen MR) is 118 cm³/mol. The zero-order valence-corrected chi connectivity index (χ0v) is 17.9. The molecule has 3 heterocycles. The number of nitrogens with one attached hydrogen (secondary N) is 2. The first-order chi connectivity index (χ1) is 14.7. The fourth-order valence-electron chi connectivity index (χ4n) is 4.31. The van der Waals surface area contributed by atoms with Crippen LogP contribution in [0.1, 0.15) is 28.8 Å². The Hall–Kier alpha value is -2.51. The summed E-state index contributed by atoms with van der Waals surface area (Å²) in [5, 5.41) is 0.119. The van der Waals surface area contributed by atoms with Crippen molar-refractivity contribution in [3.8, 4) is 5.75 Å². The Bertz CT molecular complexity index is 867. The molecule has 3 fully saturated rings. The van der Waals surface area contributed by atoms with Crippen LogP contribution in [0.5, 0.6) is 5.75 Å². The number of benzene rings is 2. The number of thioether (sulfide) groups is 1. The lowest BCUT2D eigenvalue weighted by Gasteiger charge is -2.49. The van der Waals surface area contributed by atoms with Crippen molar-refractivity contribution in [2.45, 2.75) is 24.0 Å². The van der Waals surface area contributed by atoms with Crippen molar-refractivity contribution in [2.75, 3.05) is 20.2 Å². The van der Waals surface area contributed by atoms with Crippen LogP contribution in [-0.2, 0) is 10.5 Å². The highest BCUT2D eigenvalue weighted by Crippen LogP contribution is 2.42. The van der Waals surface area contributed by atoms with Gasteiger partial charge < -0.3 is 4.74 Å². The fraction of sp³-hybridized carbons (Fsp3) is 0.391. The molecular weight excluding hydrogens is 398 g/mol. The second kappa shape index (κ2) is 9.53. The molecule has 2 bridgehead atoms. The number of amides is 2. The molecule has 7 heteroatoms. The van der Waals surface area contributed by atoms with Crippen LogP contribution in [0.3, 0.4) is 0 Å². The first kappa shape index (κ1) is 20.8. The number of carbonyl (C=O) groups is 2. The lowest BCUT2D eigenvalue weighted by molar-refractivity contribution is -0.133. The van der Waals surface area contributed by atoms with Gasteiger partial charge in [0.15, 0.2) is 0 Å². The van der Waals surface area contributed by atoms with E-state index in [0.29, 0.717) is 11.5 Å². The van der Waals surface area contributed by atoms with E-state index in [-0.39, 0.29) is 23.1 Å². The number of hydrazine groups is 1. The molecule has 2 amide bonds. The van der Waals surface area contributed by atoms with E-state index in [0.717, 1.165) is 37.4 Å². The number of nitrogens with zero attached hydrogens (tertiary/aromatic N) is 1. The molecule has 3 saturated heterocycles. The van der Waals surface area contributed by atoms with Crippen molar-refractivity contribution in [1.29, 1.82) is 0 Å². The van der Waals surface area contributed by atoms with Crippen LogP contribution in [0.4, 0.5) is 0 Å². The van der Waals surface area contributed by atoms with E-state index in [1.54, 1.807) is 43.1 Å². The highest BCUT2D eigenvalue weighted by molar-refractivity contribution is 7.99. The van der Waals surface area contributed by atoms with Gasteiger partial charge in [-0.3, -0.25) is 25.3 Å². The van der Waals surface area contributed by atoms with E-state index < -0.39 is 0 Å². The van der Waals surface area contributed by atoms with Gasteiger partial charge in [0.2, 0.25) is 5.91 Å². The summed E-state index contributed by atoms with van der Waals surface area (Å²) in [5.41, 5.74) is 7.00. The minimum absolute atomic E-state index is 0.0964. The van der Waals surface area contributed by atoms with Crippen molar-refractivity contribution >= 4 is 23.6 Å². The summed E-state index contributed by atoms with van der Waals surface area (Å²) in [6.07, 6.45) is 2.06. The van der Waals surface area contributed by atoms with Crippen LogP contribution in [0.2, 0.25) is 0 Å². The SMILES string of the molecule is COc1ccc(CS[C@H]2[C@H](C(=O)NNC(=O)c3ccccc3)C3CCN2CC3)cc1. The first-order valence-electron chi connectivity index (χ1n) is 10.3. The van der Waals surface area contributed by atoms with Gasteiger partial charge in [0.25, 0.3) is 5.91 Å². The van der Waals surface area contributed by atoms with Crippen molar-refractivity contribution < 1.29 is 14.3 Å². The maximum atomic E-state index is 13.0. The maximum Gasteiger partial charge on any atom is 0.269 e. The monoisotopic (exact) mass is 425 g/mol. The number of rotatable bonds is 6. The Kier molecular flexibility index (Phi) is 6.59. The normalized spacial score (nSPS) is 24.8. The standard InChI is InChI=1S/C23H27N3O3S/c1-29-19-9-7-16(8-10-19)15-30-23-20(17-11-13-26(23)14-12-17)22(28)25-24-21(27)18-5-3-2-4-6-18/h2-10,17,20,23H,11-15H2,1H3,(H,24,27)(H,25,28)/t20-,23-/m0/s1. The Morgan fingerprint density at radius 2 is 1.73 bits per heavy atom. The van der Waals surface area contributed by atoms with E-state index in [1.165, 1.54) is 5.56 Å². The van der Waals surface area contributed by atoms with Gasteiger partial charge in [-0.25, -0.2) is 0 Å². The number of hydrogen-bond donors (Lipinski definition) is 2. The van der Waals surface area contributed by atoms with Crippen molar-refractivity contribution in [3.63, 3.8) is 0 Å². The molecule has 0 saturated carbocycles. The quantitative estimate of drug-likeness (QED) is 0.696. The van der Waals surface area contributed by atoms with Crippen molar-refractivity contribution in [1.82, 2.24) is 15.8 Å². The van der Waals surface area contributed by atoms with E-state index in [2.05, 4.69) is 27.9 Å². The molecule has 3 aliphatic rings. The molecule has 0 radical (unpaired) electrons. The van der Waals surface area contributed by atoms with E-state index in [9.17, 15) is 9.59 Å². The van der Waals surface area contributed by atoms with Crippen LogP contribution in [0.25, 0.3) is 0 Å². The smallest absolute Gasteiger partial charge is 0.269 e. The summed E-state index contributed by atoms with van der Waals surface area (Å²) >= 11 is 1.81. The molecule has 3 aliphatic heterocycles. The Morgan fingerprint density at radius 1 is 1.03 bits per heavy atom. The molecule has 30 heavy (non-hydrogen) atoms. The van der Waals surface area contributed by atoms with Crippen LogP contribution in [-0.4, -0.2) is 42.3 Å². The molecule has 2 atom stereocenters. The zero-order chi connectivity index (χ0) is 20.9. The van der Waals surface area contributed by atoms with Crippen LogP contribution in [0, 0.1) is 11.8 Å². The minimum Gasteiger partial charge on any atom is -0.497 e. The predicted octanol–water partition coefficient (Wildman–Crippen LogP) is 3.06. The number of fused-ring (bicyclic) bond motifs is 3. The Balaban J connectivity index is 1.39. The molecule has 0 unspecified atom stereocenters. The molecule has 0 aliphatic carbocycles. The molecular formula is C23H27N3O3S. The second-order valence-electron chi connectivity index (χ2n) is 7.76. The average Bonchev–Trinajstić information content (AvgIpc) is 2.82. The van der Waals surface area contributed by atoms with Crippen LogP contribution < -0.4 is 15.6 Å². The second-order valence-corrected chi connectivity index (χ2v) is 8.86. The topological polar surface area (TPSA) is 70.7 Å². The molecule has 2 aromatic rings. The number of hydrogen-bond acceptors (Lipinski definition) is 5. The van der Waals surface area contributed by atoms with Gasteiger partial charge in [-0.05, 0) is 61.7 Å². The van der Waals surface area contributed by atoms with E-state index in [4.69, 9.17) is 4.74 Å². The first-order valence-corrected chi connectivity index (χ1v) is 11.3. The van der Waals surface area contributed by atoms with Crippen molar-refractivity contribution in [2.24, 2.45) is 11.8 Å². The number of methoxy groups -OCH3 is 1.